The molecule has 0 aliphatic rings. The molecule has 224 valence electrons. The third-order valence-corrected chi connectivity index (χ3v) is 9.56. The summed E-state index contributed by atoms with van der Waals surface area (Å²) in [4.78, 5) is 0. The lowest BCUT2D eigenvalue weighted by Gasteiger charge is -2.15. The molecule has 7 aromatic carbocycles. The number of rotatable bonds is 6. The second-order valence-corrected chi connectivity index (χ2v) is 11.9. The largest absolute Gasteiger partial charge is 0.404 e. The standard InChI is InChI=1S/C45H34N2/c1-4-29(5-2)35-24-25-36(40-16-10-9-15-39(35)40)33-19-21-38-34(26-33)20-23-42-41-22-18-32(30(6-3)28-46)27-44(41)47(45(38)42)43-17-11-13-31-12-7-8-14-37(31)43/h4-28H,1,3,46H2,2H3/b29-5+,30-28+. The van der Waals surface area contributed by atoms with Gasteiger partial charge in [-0.1, -0.05) is 141 Å². The fourth-order valence-corrected chi connectivity index (χ4v) is 7.31. The van der Waals surface area contributed by atoms with Crippen molar-refractivity contribution in [3.8, 4) is 16.8 Å². The zero-order valence-corrected chi connectivity index (χ0v) is 26.4. The lowest BCUT2D eigenvalue weighted by Crippen LogP contribution is -1.97. The smallest absolute Gasteiger partial charge is 0.0619 e. The zero-order chi connectivity index (χ0) is 32.1. The molecule has 0 atom stereocenters. The molecule has 0 aliphatic heterocycles. The number of aromatic nitrogens is 1. The van der Waals surface area contributed by atoms with E-state index in [4.69, 9.17) is 5.73 Å². The molecule has 0 aliphatic carbocycles. The first-order chi connectivity index (χ1) is 23.1. The van der Waals surface area contributed by atoms with Crippen molar-refractivity contribution in [3.05, 3.63) is 176 Å². The Balaban J connectivity index is 1.43. The molecule has 0 spiro atoms. The van der Waals surface area contributed by atoms with Gasteiger partial charge in [0.1, 0.15) is 0 Å². The van der Waals surface area contributed by atoms with Crippen LogP contribution in [-0.2, 0) is 0 Å². The van der Waals surface area contributed by atoms with Crippen molar-refractivity contribution in [1.82, 2.24) is 4.57 Å². The van der Waals surface area contributed by atoms with E-state index in [0.29, 0.717) is 0 Å². The van der Waals surface area contributed by atoms with Gasteiger partial charge in [0.15, 0.2) is 0 Å². The predicted octanol–water partition coefficient (Wildman–Crippen LogP) is 12.0. The summed E-state index contributed by atoms with van der Waals surface area (Å²) in [5.41, 5.74) is 16.2. The molecule has 2 nitrogen and oxygen atoms in total. The summed E-state index contributed by atoms with van der Waals surface area (Å²) in [5.74, 6) is 0. The molecule has 1 aromatic heterocycles. The fourth-order valence-electron chi connectivity index (χ4n) is 7.31. The summed E-state index contributed by atoms with van der Waals surface area (Å²) in [6.45, 7) is 10.1. The van der Waals surface area contributed by atoms with Crippen LogP contribution in [-0.4, -0.2) is 4.57 Å². The van der Waals surface area contributed by atoms with Crippen molar-refractivity contribution in [2.75, 3.05) is 0 Å². The molecule has 2 heteroatoms. The van der Waals surface area contributed by atoms with Crippen LogP contribution in [0.4, 0.5) is 0 Å². The highest BCUT2D eigenvalue weighted by atomic mass is 15.0. The van der Waals surface area contributed by atoms with Crippen LogP contribution in [0.2, 0.25) is 0 Å². The maximum absolute atomic E-state index is 6.02. The van der Waals surface area contributed by atoms with Crippen molar-refractivity contribution in [3.63, 3.8) is 0 Å². The van der Waals surface area contributed by atoms with Gasteiger partial charge >= 0.3 is 0 Å². The van der Waals surface area contributed by atoms with Crippen molar-refractivity contribution in [1.29, 1.82) is 0 Å². The molecule has 1 heterocycles. The molecular weight excluding hydrogens is 569 g/mol. The van der Waals surface area contributed by atoms with Crippen LogP contribution in [0.3, 0.4) is 0 Å². The molecule has 8 aromatic rings. The van der Waals surface area contributed by atoms with Gasteiger partial charge in [-0.2, -0.15) is 0 Å². The highest BCUT2D eigenvalue weighted by Gasteiger charge is 2.18. The highest BCUT2D eigenvalue weighted by molar-refractivity contribution is 6.20. The summed E-state index contributed by atoms with van der Waals surface area (Å²) in [6.07, 6.45) is 7.50. The normalized spacial score (nSPS) is 12.4. The maximum atomic E-state index is 6.02. The van der Waals surface area contributed by atoms with Crippen LogP contribution in [0.1, 0.15) is 18.1 Å². The van der Waals surface area contributed by atoms with Gasteiger partial charge in [0.25, 0.3) is 0 Å². The Morgan fingerprint density at radius 1 is 0.596 bits per heavy atom. The molecule has 0 fully saturated rings. The van der Waals surface area contributed by atoms with E-state index < -0.39 is 0 Å². The Kier molecular flexibility index (Phi) is 6.85. The van der Waals surface area contributed by atoms with Gasteiger partial charge in [-0.15, -0.1) is 0 Å². The monoisotopic (exact) mass is 602 g/mol. The predicted molar refractivity (Wildman–Crippen MR) is 205 cm³/mol. The van der Waals surface area contributed by atoms with Crippen molar-refractivity contribution < 1.29 is 0 Å². The van der Waals surface area contributed by atoms with Gasteiger partial charge in [0.05, 0.1) is 16.7 Å². The van der Waals surface area contributed by atoms with Crippen LogP contribution in [0.5, 0.6) is 0 Å². The highest BCUT2D eigenvalue weighted by Crippen LogP contribution is 2.41. The van der Waals surface area contributed by atoms with Crippen LogP contribution < -0.4 is 5.73 Å². The quantitative estimate of drug-likeness (QED) is 0.189. The lowest BCUT2D eigenvalue weighted by molar-refractivity contribution is 1.20. The van der Waals surface area contributed by atoms with E-state index in [1.165, 1.54) is 65.3 Å². The molecule has 0 bridgehead atoms. The first kappa shape index (κ1) is 28.4. The number of fused-ring (bicyclic) bond motifs is 7. The topological polar surface area (TPSA) is 30.9 Å². The molecule has 0 radical (unpaired) electrons. The van der Waals surface area contributed by atoms with E-state index in [1.54, 1.807) is 6.20 Å². The summed E-state index contributed by atoms with van der Waals surface area (Å²) in [7, 11) is 0. The van der Waals surface area contributed by atoms with E-state index in [-0.39, 0.29) is 0 Å². The van der Waals surface area contributed by atoms with Crippen LogP contribution in [0, 0.1) is 0 Å². The van der Waals surface area contributed by atoms with E-state index in [1.807, 2.05) is 12.2 Å². The van der Waals surface area contributed by atoms with Crippen LogP contribution in [0.25, 0.3) is 82.1 Å². The number of allylic oxidation sites excluding steroid dienone is 5. The molecular formula is C45H34N2. The first-order valence-corrected chi connectivity index (χ1v) is 16.0. The molecule has 0 unspecified atom stereocenters. The third kappa shape index (κ3) is 4.41. The van der Waals surface area contributed by atoms with E-state index in [0.717, 1.165) is 27.9 Å². The molecule has 8 rings (SSSR count). The minimum Gasteiger partial charge on any atom is -0.404 e. The Bertz CT molecular complexity index is 2620. The Morgan fingerprint density at radius 3 is 2.11 bits per heavy atom. The number of hydrogen-bond acceptors (Lipinski definition) is 1. The summed E-state index contributed by atoms with van der Waals surface area (Å²) >= 11 is 0. The van der Waals surface area contributed by atoms with Gasteiger partial charge in [0, 0.05) is 27.7 Å². The fraction of sp³-hybridized carbons (Fsp3) is 0.0222. The van der Waals surface area contributed by atoms with Crippen LogP contribution >= 0.6 is 0 Å². The number of nitrogens with zero attached hydrogens (tertiary/aromatic N) is 1. The van der Waals surface area contributed by atoms with E-state index >= 15 is 0 Å². The maximum Gasteiger partial charge on any atom is 0.0619 e. The second-order valence-electron chi connectivity index (χ2n) is 11.9. The SMILES string of the molecule is C=C/C(=C\N)c1ccc2c3ccc4cc(-c5ccc(/C(C=C)=C/C)c6ccccc56)ccc4c3n(-c3cccc4ccccc34)c2c1. The lowest BCUT2D eigenvalue weighted by atomic mass is 9.91. The average molecular weight is 603 g/mol. The Morgan fingerprint density at radius 2 is 1.32 bits per heavy atom. The second kappa shape index (κ2) is 11.3. The van der Waals surface area contributed by atoms with Crippen LogP contribution in [0.15, 0.2) is 165 Å². The molecule has 2 N–H and O–H groups in total. The summed E-state index contributed by atoms with van der Waals surface area (Å²) in [6, 6.07) is 46.4. The first-order valence-electron chi connectivity index (χ1n) is 16.0. The van der Waals surface area contributed by atoms with E-state index in [2.05, 4.69) is 158 Å². The summed E-state index contributed by atoms with van der Waals surface area (Å²) < 4.78 is 2.44. The Hall–Kier alpha value is -6.12. The van der Waals surface area contributed by atoms with Crippen molar-refractivity contribution >= 4 is 65.3 Å². The summed E-state index contributed by atoms with van der Waals surface area (Å²) in [5, 5.41) is 9.70. The Labute approximate surface area is 274 Å². The van der Waals surface area contributed by atoms with E-state index in [9.17, 15) is 0 Å². The van der Waals surface area contributed by atoms with Gasteiger partial charge in [-0.3, -0.25) is 0 Å². The van der Waals surface area contributed by atoms with Gasteiger partial charge in [-0.25, -0.2) is 0 Å². The molecule has 47 heavy (non-hydrogen) atoms. The molecule has 0 saturated heterocycles. The van der Waals surface area contributed by atoms with Gasteiger partial charge in [0.2, 0.25) is 0 Å². The number of nitrogens with two attached hydrogens (primary N) is 1. The third-order valence-electron chi connectivity index (χ3n) is 9.56. The molecule has 0 saturated carbocycles. The minimum atomic E-state index is 0.906. The van der Waals surface area contributed by atoms with Crippen molar-refractivity contribution in [2.45, 2.75) is 6.92 Å². The minimum absolute atomic E-state index is 0.906. The van der Waals surface area contributed by atoms with Gasteiger partial charge < -0.3 is 10.3 Å². The molecule has 0 amide bonds. The van der Waals surface area contributed by atoms with Crippen molar-refractivity contribution in [2.24, 2.45) is 5.73 Å². The zero-order valence-electron chi connectivity index (χ0n) is 26.4. The average Bonchev–Trinajstić information content (AvgIpc) is 3.46. The van der Waals surface area contributed by atoms with Gasteiger partial charge in [-0.05, 0) is 80.1 Å². The number of benzene rings is 7. The number of hydrogen-bond donors (Lipinski definition) is 1.